The number of hydrogen-bond acceptors (Lipinski definition) is 4. The molecule has 0 amide bonds. The van der Waals surface area contributed by atoms with Gasteiger partial charge in [-0.2, -0.15) is 0 Å². The van der Waals surface area contributed by atoms with E-state index in [-0.39, 0.29) is 5.43 Å². The molecule has 1 aliphatic carbocycles. The second-order valence-corrected chi connectivity index (χ2v) is 5.50. The zero-order chi connectivity index (χ0) is 17.3. The Morgan fingerprint density at radius 3 is 2.46 bits per heavy atom. The van der Waals surface area contributed by atoms with E-state index in [4.69, 9.17) is 4.42 Å². The molecule has 0 spiro atoms. The van der Waals surface area contributed by atoms with Gasteiger partial charge >= 0.3 is 0 Å². The number of nitrogens with zero attached hydrogens (tertiary/aromatic N) is 2. The van der Waals surface area contributed by atoms with Gasteiger partial charge in [-0.05, 0) is 26.0 Å². The molecule has 122 valence electrons. The van der Waals surface area contributed by atoms with Crippen LogP contribution in [0.25, 0.3) is 34.7 Å². The fourth-order valence-electron chi connectivity index (χ4n) is 2.97. The molecule has 0 radical (unpaired) electrons. The van der Waals surface area contributed by atoms with E-state index >= 15 is 0 Å². The van der Waals surface area contributed by atoms with Crippen LogP contribution in [0, 0.1) is 0 Å². The highest BCUT2D eigenvalue weighted by molar-refractivity contribution is 5.84. The third-order valence-electron chi connectivity index (χ3n) is 4.24. The van der Waals surface area contributed by atoms with E-state index in [9.17, 15) is 4.79 Å². The normalized spacial score (nSPS) is 10.9. The van der Waals surface area contributed by atoms with Crippen molar-refractivity contribution in [2.75, 3.05) is 18.0 Å². The molecular weight excluding hydrogens is 300 g/mol. The Bertz CT molecular complexity index is 952. The minimum atomic E-state index is -0.141. The Hall–Kier alpha value is -2.88. The average molecular weight is 320 g/mol. The first-order valence-electron chi connectivity index (χ1n) is 8.04. The van der Waals surface area contributed by atoms with Gasteiger partial charge in [0.1, 0.15) is 11.2 Å². The lowest BCUT2D eigenvalue weighted by molar-refractivity contribution is 0.612. The largest absolute Gasteiger partial charge is 0.453 e. The number of aromatic nitrogens is 1. The maximum Gasteiger partial charge on any atom is 0.190 e. The molecule has 0 unspecified atom stereocenters. The second kappa shape index (κ2) is 6.32. The topological polar surface area (TPSA) is 46.3 Å². The summed E-state index contributed by atoms with van der Waals surface area (Å²) in [4.78, 5) is 19.1. The summed E-state index contributed by atoms with van der Waals surface area (Å²) in [5.41, 5.74) is 4.12. The summed E-state index contributed by atoms with van der Waals surface area (Å²) in [6.45, 7) is 13.6. The fraction of sp³-hybridized carbons (Fsp3) is 0.200. The molecule has 0 saturated carbocycles. The molecule has 4 heteroatoms. The fourth-order valence-corrected chi connectivity index (χ4v) is 2.97. The van der Waals surface area contributed by atoms with Crippen molar-refractivity contribution >= 4 is 28.9 Å². The molecule has 1 heterocycles. The Kier molecular flexibility index (Phi) is 4.21. The third kappa shape index (κ3) is 2.50. The summed E-state index contributed by atoms with van der Waals surface area (Å²) in [6.07, 6.45) is 3.16. The number of anilines is 1. The molecule has 0 fully saturated rings. The van der Waals surface area contributed by atoms with Crippen LogP contribution in [0.2, 0.25) is 0 Å². The summed E-state index contributed by atoms with van der Waals surface area (Å²) in [5.74, 6) is 0.463. The van der Waals surface area contributed by atoms with Crippen molar-refractivity contribution in [1.82, 2.24) is 4.98 Å². The quantitative estimate of drug-likeness (QED) is 0.653. The molecule has 0 saturated heterocycles. The van der Waals surface area contributed by atoms with E-state index in [1.807, 2.05) is 18.2 Å². The molecular formula is C20H20N2O2. The van der Waals surface area contributed by atoms with Crippen molar-refractivity contribution in [2.24, 2.45) is 0 Å². The lowest BCUT2D eigenvalue weighted by Crippen LogP contribution is -2.21. The zero-order valence-corrected chi connectivity index (χ0v) is 14.0. The lowest BCUT2D eigenvalue weighted by atomic mass is 10.0. The van der Waals surface area contributed by atoms with Crippen molar-refractivity contribution in [3.8, 4) is 11.5 Å². The van der Waals surface area contributed by atoms with Crippen LogP contribution in [0.1, 0.15) is 25.0 Å². The number of benzene rings is 2. The predicted octanol–water partition coefficient (Wildman–Crippen LogP) is 4.43. The predicted molar refractivity (Wildman–Crippen MR) is 101 cm³/mol. The first-order chi connectivity index (χ1) is 11.6. The first kappa shape index (κ1) is 16.0. The molecule has 3 rings (SSSR count). The van der Waals surface area contributed by atoms with Gasteiger partial charge in [0.25, 0.3) is 0 Å². The van der Waals surface area contributed by atoms with E-state index in [0.717, 1.165) is 24.3 Å². The standard InChI is InChI=1S/C20H20N2O2/c1-5-14-15(6-2)20-19(12-17(14)23)24-18-11-13(22(7-3)8-4)9-10-16(18)21-20/h5-6,9-12H,1-2,7-8H2,3-4H3. The van der Waals surface area contributed by atoms with Gasteiger partial charge in [0.15, 0.2) is 16.8 Å². The summed E-state index contributed by atoms with van der Waals surface area (Å²) in [5, 5.41) is 0. The summed E-state index contributed by atoms with van der Waals surface area (Å²) < 4.78 is 5.98. The highest BCUT2D eigenvalue weighted by atomic mass is 16.3. The van der Waals surface area contributed by atoms with Crippen LogP contribution >= 0.6 is 0 Å². The third-order valence-corrected chi connectivity index (χ3v) is 4.24. The smallest absolute Gasteiger partial charge is 0.190 e. The highest BCUT2D eigenvalue weighted by Gasteiger charge is 2.18. The van der Waals surface area contributed by atoms with Crippen molar-refractivity contribution in [2.45, 2.75) is 13.8 Å². The second-order valence-electron chi connectivity index (χ2n) is 5.50. The molecule has 1 aliphatic heterocycles. The van der Waals surface area contributed by atoms with Crippen LogP contribution in [-0.2, 0) is 0 Å². The van der Waals surface area contributed by atoms with Gasteiger partial charge in [0.05, 0.1) is 0 Å². The minimum absolute atomic E-state index is 0.141. The molecule has 24 heavy (non-hydrogen) atoms. The van der Waals surface area contributed by atoms with Gasteiger partial charge in [-0.3, -0.25) is 4.79 Å². The Morgan fingerprint density at radius 1 is 1.12 bits per heavy atom. The van der Waals surface area contributed by atoms with E-state index < -0.39 is 0 Å². The molecule has 1 aromatic carbocycles. The Labute approximate surface area is 141 Å². The number of fused-ring (bicyclic) bond motifs is 2. The van der Waals surface area contributed by atoms with Gasteiger partial charge < -0.3 is 9.32 Å². The molecule has 2 aliphatic rings. The molecule has 0 atom stereocenters. The molecule has 0 aromatic heterocycles. The average Bonchev–Trinajstić information content (AvgIpc) is 2.60. The van der Waals surface area contributed by atoms with E-state index in [0.29, 0.717) is 28.2 Å². The van der Waals surface area contributed by atoms with Crippen LogP contribution in [0.4, 0.5) is 5.69 Å². The van der Waals surface area contributed by atoms with E-state index in [2.05, 4.69) is 36.9 Å². The van der Waals surface area contributed by atoms with Gasteiger partial charge in [0.2, 0.25) is 0 Å². The van der Waals surface area contributed by atoms with Gasteiger partial charge in [0, 0.05) is 42.0 Å². The van der Waals surface area contributed by atoms with E-state index in [1.54, 1.807) is 6.08 Å². The van der Waals surface area contributed by atoms with Crippen LogP contribution in [0.5, 0.6) is 0 Å². The number of hydrogen-bond donors (Lipinski definition) is 0. The Morgan fingerprint density at radius 2 is 1.83 bits per heavy atom. The van der Waals surface area contributed by atoms with Crippen LogP contribution in [-0.4, -0.2) is 18.1 Å². The van der Waals surface area contributed by atoms with Gasteiger partial charge in [-0.25, -0.2) is 4.98 Å². The summed E-state index contributed by atoms with van der Waals surface area (Å²) in [6, 6.07) is 7.41. The maximum absolute atomic E-state index is 12.2. The highest BCUT2D eigenvalue weighted by Crippen LogP contribution is 2.31. The van der Waals surface area contributed by atoms with Crippen molar-refractivity contribution in [3.63, 3.8) is 0 Å². The van der Waals surface area contributed by atoms with Crippen molar-refractivity contribution in [1.29, 1.82) is 0 Å². The van der Waals surface area contributed by atoms with Crippen molar-refractivity contribution < 1.29 is 4.42 Å². The molecule has 0 bridgehead atoms. The first-order valence-corrected chi connectivity index (χ1v) is 8.04. The molecule has 4 nitrogen and oxygen atoms in total. The van der Waals surface area contributed by atoms with Crippen LogP contribution in [0.3, 0.4) is 0 Å². The SMILES string of the molecule is C=Cc1c2nc3ccc(N(CC)CC)cc3oc-2cc(=O)c1C=C. The zero-order valence-electron chi connectivity index (χ0n) is 14.0. The lowest BCUT2D eigenvalue weighted by Gasteiger charge is -2.21. The van der Waals surface area contributed by atoms with Crippen LogP contribution in [0.15, 0.2) is 46.6 Å². The minimum Gasteiger partial charge on any atom is -0.453 e. The van der Waals surface area contributed by atoms with Gasteiger partial charge in [-0.15, -0.1) is 0 Å². The van der Waals surface area contributed by atoms with Gasteiger partial charge in [-0.1, -0.05) is 25.3 Å². The maximum atomic E-state index is 12.2. The van der Waals surface area contributed by atoms with Crippen molar-refractivity contribution in [3.05, 3.63) is 58.8 Å². The number of rotatable bonds is 5. The monoisotopic (exact) mass is 320 g/mol. The summed E-state index contributed by atoms with van der Waals surface area (Å²) >= 11 is 0. The van der Waals surface area contributed by atoms with E-state index in [1.165, 1.54) is 12.1 Å². The summed E-state index contributed by atoms with van der Waals surface area (Å²) in [7, 11) is 0. The Balaban J connectivity index is 2.31. The van der Waals surface area contributed by atoms with Crippen LogP contribution < -0.4 is 10.3 Å². The molecule has 1 aromatic rings. The molecule has 0 N–H and O–H groups in total.